The molecule has 2 heterocycles. The van der Waals surface area contributed by atoms with E-state index in [2.05, 4.69) is 26.9 Å². The average Bonchev–Trinajstić information content (AvgIpc) is 3.47. The molecule has 1 aliphatic rings. The van der Waals surface area contributed by atoms with E-state index < -0.39 is 0 Å². The number of nitriles is 1. The zero-order valence-electron chi connectivity index (χ0n) is 20.3. The van der Waals surface area contributed by atoms with Gasteiger partial charge in [-0.3, -0.25) is 9.36 Å². The van der Waals surface area contributed by atoms with E-state index in [4.69, 9.17) is 11.6 Å². The Bertz CT molecular complexity index is 1470. The number of rotatable bonds is 8. The summed E-state index contributed by atoms with van der Waals surface area (Å²) in [5.41, 5.74) is 4.71. The fourth-order valence-electron chi connectivity index (χ4n) is 4.30. The first kappa shape index (κ1) is 25.3. The predicted octanol–water partition coefficient (Wildman–Crippen LogP) is 6.38. The van der Waals surface area contributed by atoms with Gasteiger partial charge < -0.3 is 10.6 Å². The minimum Gasteiger partial charge on any atom is -0.378 e. The Labute approximate surface area is 228 Å². The Morgan fingerprint density at radius 1 is 1.19 bits per heavy atom. The lowest BCUT2D eigenvalue weighted by Crippen LogP contribution is -2.15. The second-order valence-corrected chi connectivity index (χ2v) is 11.3. The predicted molar refractivity (Wildman–Crippen MR) is 150 cm³/mol. The molecule has 0 saturated carbocycles. The number of carbonyl (C=O) groups excluding carboxylic acids is 1. The smallest absolute Gasteiger partial charge is 0.235 e. The van der Waals surface area contributed by atoms with Crippen LogP contribution in [0.3, 0.4) is 0 Å². The highest BCUT2D eigenvalue weighted by atomic mass is 35.5. The second kappa shape index (κ2) is 11.4. The maximum absolute atomic E-state index is 12.9. The number of amides is 1. The molecule has 0 radical (unpaired) electrons. The van der Waals surface area contributed by atoms with Crippen molar-refractivity contribution in [1.29, 1.82) is 5.26 Å². The van der Waals surface area contributed by atoms with Gasteiger partial charge >= 0.3 is 0 Å². The molecule has 10 heteroatoms. The molecule has 2 aromatic heterocycles. The number of aromatic nitrogens is 3. The number of hydrogen-bond donors (Lipinski definition) is 2. The van der Waals surface area contributed by atoms with Crippen LogP contribution in [-0.2, 0) is 24.2 Å². The fourth-order valence-corrected chi connectivity index (χ4v) is 6.51. The highest BCUT2D eigenvalue weighted by Gasteiger charge is 2.22. The third kappa shape index (κ3) is 5.82. The number of thiophene rings is 1. The molecule has 1 amide bonds. The van der Waals surface area contributed by atoms with Crippen LogP contribution < -0.4 is 10.6 Å². The minimum absolute atomic E-state index is 0.136. The minimum atomic E-state index is -0.180. The molecule has 0 fully saturated rings. The normalized spacial score (nSPS) is 12.6. The van der Waals surface area contributed by atoms with E-state index in [9.17, 15) is 10.1 Å². The summed E-state index contributed by atoms with van der Waals surface area (Å²) >= 11 is 9.10. The van der Waals surface area contributed by atoms with Gasteiger partial charge in [-0.05, 0) is 68.5 Å². The molecule has 2 aromatic carbocycles. The molecule has 37 heavy (non-hydrogen) atoms. The van der Waals surface area contributed by atoms with Gasteiger partial charge in [-0.1, -0.05) is 47.1 Å². The highest BCUT2D eigenvalue weighted by molar-refractivity contribution is 7.99. The third-order valence-corrected chi connectivity index (χ3v) is 8.51. The SMILES string of the molecule is Cc1ccc(NCc2nnc(SCC(=O)Nc3sc4c(c3C#N)CCCC4)n2-c2cccc(Cl)c2)cc1. The number of thioether (sulfide) groups is 1. The van der Waals surface area contributed by atoms with Gasteiger partial charge in [-0.25, -0.2) is 0 Å². The van der Waals surface area contributed by atoms with Gasteiger partial charge in [0, 0.05) is 15.6 Å². The van der Waals surface area contributed by atoms with Crippen molar-refractivity contribution in [3.05, 3.63) is 80.9 Å². The molecule has 5 rings (SSSR count). The molecule has 0 aliphatic heterocycles. The maximum atomic E-state index is 12.9. The van der Waals surface area contributed by atoms with E-state index in [0.29, 0.717) is 33.1 Å². The van der Waals surface area contributed by atoms with Crippen molar-refractivity contribution in [3.63, 3.8) is 0 Å². The van der Waals surface area contributed by atoms with Crippen molar-refractivity contribution < 1.29 is 4.79 Å². The summed E-state index contributed by atoms with van der Waals surface area (Å²) in [6.07, 6.45) is 4.09. The van der Waals surface area contributed by atoms with Gasteiger partial charge in [-0.15, -0.1) is 21.5 Å². The summed E-state index contributed by atoms with van der Waals surface area (Å²) in [5.74, 6) is 0.654. The fraction of sp³-hybridized carbons (Fsp3) is 0.259. The van der Waals surface area contributed by atoms with Crippen molar-refractivity contribution in [2.24, 2.45) is 0 Å². The van der Waals surface area contributed by atoms with Crippen molar-refractivity contribution >= 4 is 51.3 Å². The monoisotopic (exact) mass is 548 g/mol. The first-order valence-electron chi connectivity index (χ1n) is 12.0. The van der Waals surface area contributed by atoms with Crippen LogP contribution in [0.4, 0.5) is 10.7 Å². The van der Waals surface area contributed by atoms with E-state index in [1.165, 1.54) is 33.5 Å². The van der Waals surface area contributed by atoms with Crippen LogP contribution in [0.25, 0.3) is 5.69 Å². The molecule has 0 atom stereocenters. The van der Waals surface area contributed by atoms with Crippen molar-refractivity contribution in [2.45, 2.75) is 44.3 Å². The third-order valence-electron chi connectivity index (χ3n) is 6.14. The van der Waals surface area contributed by atoms with Crippen molar-refractivity contribution in [3.8, 4) is 11.8 Å². The Morgan fingerprint density at radius 2 is 2.00 bits per heavy atom. The molecular formula is C27H25ClN6OS2. The molecule has 0 spiro atoms. The molecule has 1 aliphatic carbocycles. The molecule has 4 aromatic rings. The zero-order valence-corrected chi connectivity index (χ0v) is 22.6. The van der Waals surface area contributed by atoms with Crippen LogP contribution in [-0.4, -0.2) is 26.4 Å². The second-order valence-electron chi connectivity index (χ2n) is 8.80. The molecule has 0 bridgehead atoms. The average molecular weight is 549 g/mol. The van der Waals surface area contributed by atoms with Gasteiger partial charge in [0.25, 0.3) is 0 Å². The van der Waals surface area contributed by atoms with Gasteiger partial charge in [-0.2, -0.15) is 5.26 Å². The molecular weight excluding hydrogens is 524 g/mol. The number of nitrogens with zero attached hydrogens (tertiary/aromatic N) is 4. The lowest BCUT2D eigenvalue weighted by Gasteiger charge is -2.12. The summed E-state index contributed by atoms with van der Waals surface area (Å²) < 4.78 is 1.91. The summed E-state index contributed by atoms with van der Waals surface area (Å²) in [4.78, 5) is 14.1. The Morgan fingerprint density at radius 3 is 2.78 bits per heavy atom. The highest BCUT2D eigenvalue weighted by Crippen LogP contribution is 2.37. The topological polar surface area (TPSA) is 95.6 Å². The van der Waals surface area contributed by atoms with Crippen LogP contribution in [0.5, 0.6) is 0 Å². The first-order valence-corrected chi connectivity index (χ1v) is 14.2. The number of fused-ring (bicyclic) bond motifs is 1. The number of nitrogens with one attached hydrogen (secondary N) is 2. The van der Waals surface area contributed by atoms with Gasteiger partial charge in [0.05, 0.1) is 23.5 Å². The van der Waals surface area contributed by atoms with Crippen LogP contribution >= 0.6 is 34.7 Å². The Hall–Kier alpha value is -3.32. The van der Waals surface area contributed by atoms with Crippen LogP contribution in [0.15, 0.2) is 53.7 Å². The maximum Gasteiger partial charge on any atom is 0.235 e. The lowest BCUT2D eigenvalue weighted by atomic mass is 9.96. The number of benzene rings is 2. The van der Waals surface area contributed by atoms with E-state index in [-0.39, 0.29) is 11.7 Å². The number of anilines is 2. The lowest BCUT2D eigenvalue weighted by molar-refractivity contribution is -0.113. The van der Waals surface area contributed by atoms with E-state index in [1.54, 1.807) is 0 Å². The molecule has 2 N–H and O–H groups in total. The Kier molecular flexibility index (Phi) is 7.79. The standard InChI is InChI=1S/C27H25ClN6OS2/c1-17-9-11-19(12-10-17)30-15-24-32-33-27(34(24)20-6-4-5-18(28)13-20)36-16-25(35)31-26-22(14-29)21-7-2-3-8-23(21)37-26/h4-6,9-13,30H,2-3,7-8,15-16H2,1H3,(H,31,35). The van der Waals surface area contributed by atoms with Gasteiger partial charge in [0.15, 0.2) is 11.0 Å². The van der Waals surface area contributed by atoms with Crippen LogP contribution in [0.2, 0.25) is 5.02 Å². The quantitative estimate of drug-likeness (QED) is 0.248. The van der Waals surface area contributed by atoms with Crippen molar-refractivity contribution in [2.75, 3.05) is 16.4 Å². The van der Waals surface area contributed by atoms with E-state index in [1.807, 2.05) is 60.0 Å². The molecule has 0 unspecified atom stereocenters. The molecule has 0 saturated heterocycles. The number of halogens is 1. The summed E-state index contributed by atoms with van der Waals surface area (Å²) in [5, 5.41) is 26.6. The summed E-state index contributed by atoms with van der Waals surface area (Å²) in [7, 11) is 0. The van der Waals surface area contributed by atoms with Crippen LogP contribution in [0.1, 0.15) is 40.2 Å². The summed E-state index contributed by atoms with van der Waals surface area (Å²) in [6.45, 7) is 2.49. The first-order chi connectivity index (χ1) is 18.0. The van der Waals surface area contributed by atoms with Crippen LogP contribution in [0, 0.1) is 18.3 Å². The van der Waals surface area contributed by atoms with E-state index >= 15 is 0 Å². The van der Waals surface area contributed by atoms with Gasteiger partial charge in [0.1, 0.15) is 11.1 Å². The van der Waals surface area contributed by atoms with Gasteiger partial charge in [0.2, 0.25) is 5.91 Å². The largest absolute Gasteiger partial charge is 0.378 e. The van der Waals surface area contributed by atoms with Crippen molar-refractivity contribution in [1.82, 2.24) is 14.8 Å². The number of carbonyl (C=O) groups is 1. The molecule has 188 valence electrons. The number of aryl methyl sites for hydroxylation is 2. The Balaban J connectivity index is 1.33. The molecule has 7 nitrogen and oxygen atoms in total. The summed E-state index contributed by atoms with van der Waals surface area (Å²) in [6, 6.07) is 17.9. The zero-order chi connectivity index (χ0) is 25.8. The number of hydrogen-bond acceptors (Lipinski definition) is 7. The van der Waals surface area contributed by atoms with E-state index in [0.717, 1.165) is 42.6 Å².